The first-order valence-corrected chi connectivity index (χ1v) is 7.86. The molecule has 2 rings (SSSR count). The molecule has 0 spiro atoms. The van der Waals surface area contributed by atoms with Crippen LogP contribution in [0, 0.1) is 13.8 Å². The molecule has 25 heavy (non-hydrogen) atoms. The number of aryl methyl sites for hydroxylation is 2. The number of nitrogens with zero attached hydrogens (tertiary/aromatic N) is 2. The van der Waals surface area contributed by atoms with Gasteiger partial charge >= 0.3 is 0 Å². The monoisotopic (exact) mass is 378 g/mol. The molecule has 6 heteroatoms. The van der Waals surface area contributed by atoms with Gasteiger partial charge < -0.3 is 10.2 Å². The van der Waals surface area contributed by atoms with Gasteiger partial charge in [0, 0.05) is 43.3 Å². The SMILES string of the molecule is Cc1cccc(C=NCCC/[N+](O)=C/c2cccc(C)c2O)c1O.[V]. The molecule has 0 aliphatic carbocycles. The number of rotatable bonds is 6. The molecule has 0 aromatic heterocycles. The van der Waals surface area contributed by atoms with E-state index in [1.54, 1.807) is 18.3 Å². The minimum Gasteiger partial charge on any atom is -0.507 e. The van der Waals surface area contributed by atoms with Gasteiger partial charge in [-0.1, -0.05) is 24.3 Å². The van der Waals surface area contributed by atoms with Crippen molar-refractivity contribution in [2.24, 2.45) is 4.99 Å². The molecular formula is C19H23N2O3V+. The Morgan fingerprint density at radius 1 is 0.960 bits per heavy atom. The van der Waals surface area contributed by atoms with Crippen molar-refractivity contribution in [3.8, 4) is 11.5 Å². The van der Waals surface area contributed by atoms with Crippen molar-refractivity contribution >= 4 is 12.4 Å². The van der Waals surface area contributed by atoms with Crippen LogP contribution in [0.1, 0.15) is 28.7 Å². The fourth-order valence-corrected chi connectivity index (χ4v) is 2.28. The predicted molar refractivity (Wildman–Crippen MR) is 94.8 cm³/mol. The van der Waals surface area contributed by atoms with Crippen LogP contribution in [-0.2, 0) is 18.6 Å². The average molecular weight is 378 g/mol. The molecule has 131 valence electrons. The summed E-state index contributed by atoms with van der Waals surface area (Å²) in [6.45, 7) is 4.57. The summed E-state index contributed by atoms with van der Waals surface area (Å²) in [6, 6.07) is 10.9. The number of para-hydroxylation sites is 2. The maximum Gasteiger partial charge on any atom is 0.226 e. The number of phenolic OH excluding ortho intramolecular Hbond substituents is 2. The second-order valence-electron chi connectivity index (χ2n) is 5.71. The quantitative estimate of drug-likeness (QED) is 0.238. The van der Waals surface area contributed by atoms with Gasteiger partial charge in [-0.2, -0.15) is 0 Å². The summed E-state index contributed by atoms with van der Waals surface area (Å²) in [6.07, 6.45) is 3.78. The van der Waals surface area contributed by atoms with Gasteiger partial charge in [0.05, 0.1) is 5.56 Å². The number of aromatic hydroxyl groups is 2. The van der Waals surface area contributed by atoms with Crippen LogP contribution in [-0.4, -0.2) is 45.7 Å². The van der Waals surface area contributed by atoms with Crippen LogP contribution in [0.5, 0.6) is 11.5 Å². The Balaban J connectivity index is 0.00000312. The number of benzene rings is 2. The van der Waals surface area contributed by atoms with E-state index in [9.17, 15) is 15.4 Å². The fraction of sp³-hybridized carbons (Fsp3) is 0.263. The first kappa shape index (κ1) is 20.8. The minimum atomic E-state index is 0. The van der Waals surface area contributed by atoms with Crippen molar-refractivity contribution in [2.75, 3.05) is 13.1 Å². The molecule has 0 atom stereocenters. The summed E-state index contributed by atoms with van der Waals surface area (Å²) in [5.74, 6) is 0.415. The zero-order valence-electron chi connectivity index (χ0n) is 14.4. The molecule has 0 unspecified atom stereocenters. The summed E-state index contributed by atoms with van der Waals surface area (Å²) in [5, 5.41) is 29.7. The third kappa shape index (κ3) is 5.96. The molecule has 0 saturated heterocycles. The molecule has 0 heterocycles. The van der Waals surface area contributed by atoms with Crippen LogP contribution in [0.25, 0.3) is 0 Å². The Kier molecular flexibility index (Phi) is 8.25. The third-order valence-electron chi connectivity index (χ3n) is 3.73. The number of hydrogen-bond donors (Lipinski definition) is 3. The van der Waals surface area contributed by atoms with Crippen molar-refractivity contribution in [3.05, 3.63) is 58.7 Å². The first-order chi connectivity index (χ1) is 11.5. The van der Waals surface area contributed by atoms with E-state index in [1.165, 1.54) is 6.21 Å². The molecule has 0 aliphatic heterocycles. The maximum absolute atomic E-state index is 9.91. The van der Waals surface area contributed by atoms with Gasteiger partial charge in [-0.25, -0.2) is 0 Å². The maximum atomic E-state index is 9.91. The van der Waals surface area contributed by atoms with E-state index in [-0.39, 0.29) is 30.1 Å². The molecule has 0 saturated carbocycles. The van der Waals surface area contributed by atoms with Crippen molar-refractivity contribution in [2.45, 2.75) is 20.3 Å². The predicted octanol–water partition coefficient (Wildman–Crippen LogP) is 3.04. The summed E-state index contributed by atoms with van der Waals surface area (Å²) in [7, 11) is 0. The van der Waals surface area contributed by atoms with Gasteiger partial charge in [0.25, 0.3) is 0 Å². The van der Waals surface area contributed by atoms with E-state index in [1.807, 2.05) is 38.1 Å². The number of hydroxylamine groups is 1. The van der Waals surface area contributed by atoms with E-state index in [0.717, 1.165) is 15.9 Å². The van der Waals surface area contributed by atoms with Crippen LogP contribution in [0.2, 0.25) is 0 Å². The van der Waals surface area contributed by atoms with Gasteiger partial charge in [0.2, 0.25) is 6.21 Å². The Hall–Kier alpha value is -2.24. The summed E-state index contributed by atoms with van der Waals surface area (Å²) in [5.41, 5.74) is 2.84. The molecular weight excluding hydrogens is 355 g/mol. The smallest absolute Gasteiger partial charge is 0.226 e. The van der Waals surface area contributed by atoms with Crippen LogP contribution in [0.4, 0.5) is 0 Å². The Morgan fingerprint density at radius 3 is 2.16 bits per heavy atom. The van der Waals surface area contributed by atoms with Crippen LogP contribution < -0.4 is 0 Å². The standard InChI is InChI=1S/C19H22N2O3.V/c1-14-6-3-8-16(18(14)22)12-20-10-5-11-21(24)13-17-9-4-7-15(2)19(17)23;/h3-4,6-9,12-13,24H,5,10-11H2,1-2H3,(H,20,22);/p+1. The Bertz CT molecular complexity index is 773. The van der Waals surface area contributed by atoms with Crippen molar-refractivity contribution in [1.29, 1.82) is 0 Å². The second kappa shape index (κ2) is 9.91. The van der Waals surface area contributed by atoms with Gasteiger partial charge in [0.1, 0.15) is 11.5 Å². The molecule has 3 N–H and O–H groups in total. The van der Waals surface area contributed by atoms with Crippen LogP contribution in [0.3, 0.4) is 0 Å². The second-order valence-corrected chi connectivity index (χ2v) is 5.71. The van der Waals surface area contributed by atoms with Crippen LogP contribution in [0.15, 0.2) is 41.4 Å². The topological polar surface area (TPSA) is 76.1 Å². The van der Waals surface area contributed by atoms with E-state index >= 15 is 0 Å². The summed E-state index contributed by atoms with van der Waals surface area (Å²) < 4.78 is 1.05. The van der Waals surface area contributed by atoms with E-state index < -0.39 is 0 Å². The van der Waals surface area contributed by atoms with E-state index in [4.69, 9.17) is 0 Å². The number of phenols is 2. The van der Waals surface area contributed by atoms with Crippen molar-refractivity contribution in [3.63, 3.8) is 0 Å². The zero-order valence-corrected chi connectivity index (χ0v) is 15.8. The Morgan fingerprint density at radius 2 is 1.52 bits per heavy atom. The van der Waals surface area contributed by atoms with Gasteiger partial charge in [0.15, 0.2) is 6.54 Å². The fourth-order valence-electron chi connectivity index (χ4n) is 2.28. The Labute approximate surface area is 159 Å². The molecule has 0 amide bonds. The molecule has 5 nitrogen and oxygen atoms in total. The largest absolute Gasteiger partial charge is 0.507 e. The summed E-state index contributed by atoms with van der Waals surface area (Å²) >= 11 is 0. The summed E-state index contributed by atoms with van der Waals surface area (Å²) in [4.78, 5) is 4.27. The number of hydrogen-bond acceptors (Lipinski definition) is 4. The van der Waals surface area contributed by atoms with Crippen molar-refractivity contribution in [1.82, 2.24) is 0 Å². The van der Waals surface area contributed by atoms with E-state index in [0.29, 0.717) is 30.6 Å². The molecule has 1 radical (unpaired) electrons. The molecule has 0 fully saturated rings. The average Bonchev–Trinajstić information content (AvgIpc) is 2.55. The van der Waals surface area contributed by atoms with E-state index in [2.05, 4.69) is 4.99 Å². The molecule has 2 aromatic carbocycles. The number of aliphatic imine (C=N–C) groups is 1. The zero-order chi connectivity index (χ0) is 17.5. The van der Waals surface area contributed by atoms with Crippen LogP contribution >= 0.6 is 0 Å². The van der Waals surface area contributed by atoms with Gasteiger partial charge in [-0.05, 0) is 41.8 Å². The first-order valence-electron chi connectivity index (χ1n) is 7.86. The van der Waals surface area contributed by atoms with Gasteiger partial charge in [-0.15, -0.1) is 0 Å². The molecule has 0 bridgehead atoms. The normalized spacial score (nSPS) is 11.5. The van der Waals surface area contributed by atoms with Gasteiger partial charge in [-0.3, -0.25) is 10.2 Å². The van der Waals surface area contributed by atoms with Crippen molar-refractivity contribution < 1.29 is 38.7 Å². The minimum absolute atomic E-state index is 0. The third-order valence-corrected chi connectivity index (χ3v) is 3.73. The molecule has 2 aromatic rings. The molecule has 0 aliphatic rings.